The minimum Gasteiger partial charge on any atom is -0.497 e. The highest BCUT2D eigenvalue weighted by atomic mass is 35.5. The highest BCUT2D eigenvalue weighted by Crippen LogP contribution is 2.36. The Bertz CT molecular complexity index is 1550. The molecule has 3 aromatic carbocycles. The van der Waals surface area contributed by atoms with E-state index < -0.39 is 6.36 Å². The fraction of sp³-hybridized carbons (Fsp3) is 0.394. The van der Waals surface area contributed by atoms with Gasteiger partial charge < -0.3 is 19.8 Å². The molecule has 0 saturated carbocycles. The largest absolute Gasteiger partial charge is 0.573 e. The first-order chi connectivity index (χ1) is 20.7. The van der Waals surface area contributed by atoms with Crippen molar-refractivity contribution in [1.29, 1.82) is 0 Å². The summed E-state index contributed by atoms with van der Waals surface area (Å²) in [5, 5.41) is 1.82. The molecule has 0 amide bonds. The number of nitrogens with zero attached hydrogens (tertiary/aromatic N) is 3. The molecule has 0 atom stereocenters. The molecule has 1 saturated heterocycles. The van der Waals surface area contributed by atoms with E-state index in [9.17, 15) is 13.2 Å². The number of halogens is 4. The Kier molecular flexibility index (Phi) is 9.86. The van der Waals surface area contributed by atoms with Crippen molar-refractivity contribution in [2.24, 2.45) is 5.73 Å². The summed E-state index contributed by atoms with van der Waals surface area (Å²) in [7, 11) is 1.66. The summed E-state index contributed by atoms with van der Waals surface area (Å²) >= 11 is 6.44. The van der Waals surface area contributed by atoms with Crippen LogP contribution in [0.4, 0.5) is 13.2 Å². The number of aromatic nitrogens is 1. The van der Waals surface area contributed by atoms with Crippen molar-refractivity contribution >= 4 is 22.5 Å². The molecule has 0 radical (unpaired) electrons. The SMILES string of the molecule is CCCCn1cc(-c2ccc(OC(F)(F)F)cc2CN)c2cc(CN3CCN(Cc4cc(OC)ccc4Cl)CC3)ccc21. The first kappa shape index (κ1) is 31.2. The third kappa shape index (κ3) is 7.65. The van der Waals surface area contributed by atoms with E-state index in [2.05, 4.69) is 50.4 Å². The number of methoxy groups -OCH3 is 1. The van der Waals surface area contributed by atoms with Gasteiger partial charge in [-0.3, -0.25) is 9.80 Å². The molecule has 0 bridgehead atoms. The summed E-state index contributed by atoms with van der Waals surface area (Å²) in [6, 6.07) is 16.7. The predicted molar refractivity (Wildman–Crippen MR) is 165 cm³/mol. The summed E-state index contributed by atoms with van der Waals surface area (Å²) in [5.74, 6) is 0.542. The number of alkyl halides is 3. The topological polar surface area (TPSA) is 55.9 Å². The zero-order valence-electron chi connectivity index (χ0n) is 24.6. The monoisotopic (exact) mass is 614 g/mol. The summed E-state index contributed by atoms with van der Waals surface area (Å²) in [6.07, 6.45) is -0.573. The van der Waals surface area contributed by atoms with Crippen molar-refractivity contribution in [3.63, 3.8) is 0 Å². The number of ether oxygens (including phenoxy) is 2. The Morgan fingerprint density at radius 2 is 1.56 bits per heavy atom. The average Bonchev–Trinajstić information content (AvgIpc) is 3.34. The van der Waals surface area contributed by atoms with Gasteiger partial charge in [-0.15, -0.1) is 13.2 Å². The van der Waals surface area contributed by atoms with Gasteiger partial charge in [0.05, 0.1) is 7.11 Å². The lowest BCUT2D eigenvalue weighted by molar-refractivity contribution is -0.274. The Hall–Kier alpha value is -3.24. The lowest BCUT2D eigenvalue weighted by Gasteiger charge is -2.35. The van der Waals surface area contributed by atoms with Gasteiger partial charge in [-0.1, -0.05) is 37.1 Å². The number of hydrogen-bond acceptors (Lipinski definition) is 5. The van der Waals surface area contributed by atoms with E-state index in [-0.39, 0.29) is 12.3 Å². The second kappa shape index (κ2) is 13.6. The van der Waals surface area contributed by atoms with Crippen molar-refractivity contribution < 1.29 is 22.6 Å². The molecule has 230 valence electrons. The molecular formula is C33H38ClF3N4O2. The van der Waals surface area contributed by atoms with E-state index in [4.69, 9.17) is 22.1 Å². The van der Waals surface area contributed by atoms with Gasteiger partial charge in [-0.2, -0.15) is 0 Å². The van der Waals surface area contributed by atoms with E-state index in [1.54, 1.807) is 13.2 Å². The first-order valence-corrected chi connectivity index (χ1v) is 15.0. The van der Waals surface area contributed by atoms with E-state index >= 15 is 0 Å². The minimum absolute atomic E-state index is 0.0942. The molecule has 0 unspecified atom stereocenters. The van der Waals surface area contributed by atoms with Gasteiger partial charge >= 0.3 is 6.36 Å². The average molecular weight is 615 g/mol. The number of nitrogens with two attached hydrogens (primary N) is 1. The van der Waals surface area contributed by atoms with Gasteiger partial charge in [0.2, 0.25) is 0 Å². The van der Waals surface area contributed by atoms with Crippen LogP contribution in [-0.2, 0) is 26.2 Å². The second-order valence-corrected chi connectivity index (χ2v) is 11.4. The molecule has 43 heavy (non-hydrogen) atoms. The summed E-state index contributed by atoms with van der Waals surface area (Å²) in [6.45, 7) is 8.43. The molecule has 6 nitrogen and oxygen atoms in total. The van der Waals surface area contributed by atoms with Crippen LogP contribution in [0.3, 0.4) is 0 Å². The number of fused-ring (bicyclic) bond motifs is 1. The number of piperazine rings is 1. The maximum absolute atomic E-state index is 12.9. The molecule has 5 rings (SSSR count). The predicted octanol–water partition coefficient (Wildman–Crippen LogP) is 7.45. The van der Waals surface area contributed by atoms with Crippen molar-refractivity contribution in [1.82, 2.24) is 14.4 Å². The van der Waals surface area contributed by atoms with Crippen molar-refractivity contribution in [2.45, 2.75) is 52.3 Å². The molecule has 1 fully saturated rings. The maximum Gasteiger partial charge on any atom is 0.573 e. The molecule has 1 aromatic heterocycles. The molecule has 0 spiro atoms. The third-order valence-electron chi connectivity index (χ3n) is 8.04. The minimum atomic E-state index is -4.76. The number of rotatable bonds is 11. The normalized spacial score (nSPS) is 14.9. The molecule has 4 aromatic rings. The van der Waals surface area contributed by atoms with Crippen LogP contribution in [0.1, 0.15) is 36.5 Å². The fourth-order valence-electron chi connectivity index (χ4n) is 5.77. The van der Waals surface area contributed by atoms with E-state index in [0.717, 1.165) is 97.0 Å². The molecule has 1 aliphatic rings. The number of aryl methyl sites for hydroxylation is 1. The summed E-state index contributed by atoms with van der Waals surface area (Å²) < 4.78 is 50.3. The zero-order valence-corrected chi connectivity index (χ0v) is 25.3. The van der Waals surface area contributed by atoms with Crippen LogP contribution >= 0.6 is 11.6 Å². The molecule has 1 aliphatic heterocycles. The van der Waals surface area contributed by atoms with Gasteiger partial charge in [-0.05, 0) is 71.1 Å². The van der Waals surface area contributed by atoms with Crippen LogP contribution in [-0.4, -0.2) is 54.0 Å². The Morgan fingerprint density at radius 3 is 2.23 bits per heavy atom. The fourth-order valence-corrected chi connectivity index (χ4v) is 5.95. The number of benzene rings is 3. The van der Waals surface area contributed by atoms with E-state index in [0.29, 0.717) is 5.56 Å². The van der Waals surface area contributed by atoms with Crippen molar-refractivity contribution in [3.05, 3.63) is 82.5 Å². The van der Waals surface area contributed by atoms with E-state index in [1.807, 2.05) is 18.2 Å². The third-order valence-corrected chi connectivity index (χ3v) is 8.41. The second-order valence-electron chi connectivity index (χ2n) is 11.0. The van der Waals surface area contributed by atoms with E-state index in [1.165, 1.54) is 17.7 Å². The maximum atomic E-state index is 12.9. The lowest BCUT2D eigenvalue weighted by atomic mass is 9.98. The van der Waals surface area contributed by atoms with Gasteiger partial charge in [0.15, 0.2) is 0 Å². The molecular weight excluding hydrogens is 577 g/mol. The van der Waals surface area contributed by atoms with Crippen LogP contribution < -0.4 is 15.2 Å². The van der Waals surface area contributed by atoms with Crippen molar-refractivity contribution in [2.75, 3.05) is 33.3 Å². The Morgan fingerprint density at radius 1 is 0.860 bits per heavy atom. The molecule has 2 N–H and O–H groups in total. The van der Waals surface area contributed by atoms with Gasteiger partial charge in [0, 0.05) is 80.0 Å². The van der Waals surface area contributed by atoms with Gasteiger partial charge in [0.1, 0.15) is 11.5 Å². The first-order valence-electron chi connectivity index (χ1n) is 14.7. The zero-order chi connectivity index (χ0) is 30.6. The van der Waals surface area contributed by atoms with Crippen LogP contribution in [0.5, 0.6) is 11.5 Å². The van der Waals surface area contributed by atoms with Crippen molar-refractivity contribution in [3.8, 4) is 22.6 Å². The quantitative estimate of drug-likeness (QED) is 0.190. The number of unbranched alkanes of at least 4 members (excludes halogenated alkanes) is 1. The molecule has 2 heterocycles. The number of hydrogen-bond donors (Lipinski definition) is 1. The van der Waals surface area contributed by atoms with Gasteiger partial charge in [-0.25, -0.2) is 0 Å². The molecule has 0 aliphatic carbocycles. The van der Waals surface area contributed by atoms with Crippen LogP contribution in [0.15, 0.2) is 60.8 Å². The standard InChI is InChI=1S/C33H38ClF3N4O2/c1-3-4-11-41-22-30(28-8-6-27(17-24(28)19-38)43-33(35,36)37)29-16-23(5-10-32(29)41)20-39-12-14-40(15-13-39)21-25-18-26(42-2)7-9-31(25)34/h5-10,16-18,22H,3-4,11-15,19-21,38H2,1-2H3. The molecule has 10 heteroatoms. The van der Waals surface area contributed by atoms with Crippen LogP contribution in [0.2, 0.25) is 5.02 Å². The van der Waals surface area contributed by atoms with Gasteiger partial charge in [0.25, 0.3) is 0 Å². The highest BCUT2D eigenvalue weighted by molar-refractivity contribution is 6.31. The summed E-state index contributed by atoms with van der Waals surface area (Å²) in [4.78, 5) is 4.86. The highest BCUT2D eigenvalue weighted by Gasteiger charge is 2.31. The summed E-state index contributed by atoms with van der Waals surface area (Å²) in [5.41, 5.74) is 11.8. The Balaban J connectivity index is 1.35. The Labute approximate surface area is 255 Å². The van der Waals surface area contributed by atoms with Crippen LogP contribution in [0, 0.1) is 0 Å². The van der Waals surface area contributed by atoms with Crippen LogP contribution in [0.25, 0.3) is 22.0 Å². The lowest BCUT2D eigenvalue weighted by Crippen LogP contribution is -2.45. The smallest absolute Gasteiger partial charge is 0.497 e.